The Labute approximate surface area is 257 Å². The van der Waals surface area contributed by atoms with Gasteiger partial charge in [0.05, 0.1) is 20.1 Å². The smallest absolute Gasteiger partial charge is 0.234 e. The molecule has 0 N–H and O–H groups in total. The van der Waals surface area contributed by atoms with Crippen LogP contribution in [0.5, 0.6) is 0 Å². The van der Waals surface area contributed by atoms with Crippen molar-refractivity contribution >= 4 is 30.4 Å². The largest absolute Gasteiger partial charge is 0.298 e. The van der Waals surface area contributed by atoms with E-state index in [1.807, 2.05) is 18.3 Å². The summed E-state index contributed by atoms with van der Waals surface area (Å²) in [7, 11) is 2.29. The highest BCUT2D eigenvalue weighted by molar-refractivity contribution is 5.99. The van der Waals surface area contributed by atoms with Crippen LogP contribution in [0.15, 0.2) is 46.5 Å². The van der Waals surface area contributed by atoms with Gasteiger partial charge in [0.2, 0.25) is 5.84 Å². The molecule has 0 spiro atoms. The Bertz CT molecular complexity index is 1420. The van der Waals surface area contributed by atoms with Crippen LogP contribution in [0, 0.1) is 17.7 Å². The highest BCUT2D eigenvalue weighted by Gasteiger charge is 2.43. The Morgan fingerprint density at radius 2 is 1.81 bits per heavy atom. The number of pyridine rings is 1. The van der Waals surface area contributed by atoms with Crippen molar-refractivity contribution in [2.75, 3.05) is 39.8 Å². The van der Waals surface area contributed by atoms with Crippen molar-refractivity contribution in [2.45, 2.75) is 77.2 Å². The lowest BCUT2D eigenvalue weighted by molar-refractivity contribution is -0.825. The first-order chi connectivity index (χ1) is 20.8. The molecule has 228 valence electrons. The highest BCUT2D eigenvalue weighted by atomic mass is 19.1. The van der Waals surface area contributed by atoms with Crippen molar-refractivity contribution in [3.63, 3.8) is 0 Å². The van der Waals surface area contributed by atoms with Crippen LogP contribution in [-0.4, -0.2) is 72.2 Å². The third-order valence-corrected chi connectivity index (χ3v) is 10.6. The third-order valence-electron chi connectivity index (χ3n) is 10.6. The van der Waals surface area contributed by atoms with Crippen LogP contribution in [0.1, 0.15) is 88.3 Å². The monoisotopic (exact) mass is 582 g/mol. The van der Waals surface area contributed by atoms with Crippen molar-refractivity contribution < 1.29 is 8.87 Å². The van der Waals surface area contributed by atoms with Gasteiger partial charge in [0, 0.05) is 35.7 Å². The molecule has 4 heterocycles. The summed E-state index contributed by atoms with van der Waals surface area (Å²) in [6.45, 7) is 13.7. The number of hydrogen-bond acceptors (Lipinski definition) is 4. The number of rotatable bonds is 7. The minimum absolute atomic E-state index is 0.273. The quantitative estimate of drug-likeness (QED) is 0.143. The Morgan fingerprint density at radius 1 is 1.09 bits per heavy atom. The van der Waals surface area contributed by atoms with Gasteiger partial charge in [-0.05, 0) is 88.7 Å². The van der Waals surface area contributed by atoms with Gasteiger partial charge in [-0.2, -0.15) is 0 Å². The molecule has 2 unspecified atom stereocenters. The summed E-state index contributed by atoms with van der Waals surface area (Å²) >= 11 is 0. The van der Waals surface area contributed by atoms with Crippen LogP contribution >= 0.6 is 0 Å². The molecule has 1 aliphatic carbocycles. The van der Waals surface area contributed by atoms with Gasteiger partial charge in [-0.25, -0.2) is 9.38 Å². The predicted octanol–water partition coefficient (Wildman–Crippen LogP) is 8.32. The molecule has 2 atom stereocenters. The second-order valence-electron chi connectivity index (χ2n) is 14.0. The number of amidine groups is 1. The van der Waals surface area contributed by atoms with Gasteiger partial charge < -0.3 is 0 Å². The van der Waals surface area contributed by atoms with E-state index in [9.17, 15) is 0 Å². The normalized spacial score (nSPS) is 27.0. The van der Waals surface area contributed by atoms with Crippen molar-refractivity contribution in [2.24, 2.45) is 21.8 Å². The molecule has 3 aliphatic heterocycles. The molecule has 0 bridgehead atoms. The average molecular weight is 583 g/mol. The van der Waals surface area contributed by atoms with E-state index in [2.05, 4.69) is 67.9 Å². The molecule has 0 amide bonds. The summed E-state index contributed by atoms with van der Waals surface area (Å²) < 4.78 is 17.3. The van der Waals surface area contributed by atoms with Crippen LogP contribution in [0.4, 0.5) is 10.1 Å². The molecule has 2 aromatic rings. The average Bonchev–Trinajstić information content (AvgIpc) is 3.42. The number of benzene rings is 1. The number of quaternary nitrogens is 1. The zero-order valence-electron chi connectivity index (χ0n) is 26.5. The van der Waals surface area contributed by atoms with E-state index < -0.39 is 5.82 Å². The van der Waals surface area contributed by atoms with E-state index in [4.69, 9.17) is 9.98 Å². The van der Waals surface area contributed by atoms with Crippen molar-refractivity contribution in [3.8, 4) is 11.3 Å². The molecule has 5 nitrogen and oxygen atoms in total. The van der Waals surface area contributed by atoms with Crippen molar-refractivity contribution in [1.82, 2.24) is 9.88 Å². The minimum Gasteiger partial charge on any atom is -0.298 e. The predicted molar refractivity (Wildman–Crippen MR) is 178 cm³/mol. The van der Waals surface area contributed by atoms with Gasteiger partial charge >= 0.3 is 0 Å². The number of aromatic nitrogens is 1. The van der Waals surface area contributed by atoms with E-state index in [0.29, 0.717) is 33.1 Å². The lowest BCUT2D eigenvalue weighted by Crippen LogP contribution is -2.53. The van der Waals surface area contributed by atoms with Crippen LogP contribution in [0.3, 0.4) is 0 Å². The molecule has 1 aromatic carbocycles. The Hall–Kier alpha value is -2.96. The van der Waals surface area contributed by atoms with Crippen LogP contribution < -0.4 is 0 Å². The molecular weight excluding hydrogens is 533 g/mol. The van der Waals surface area contributed by atoms with Crippen LogP contribution in [-0.2, 0) is 0 Å². The summed E-state index contributed by atoms with van der Waals surface area (Å²) in [4.78, 5) is 17.2. The molecular formula is C37H49FN5+. The number of hydrogen-bond donors (Lipinski definition) is 0. The lowest BCUT2D eigenvalue weighted by atomic mass is 9.89. The first kappa shape index (κ1) is 30.1. The topological polar surface area (TPSA) is 40.9 Å². The molecule has 43 heavy (non-hydrogen) atoms. The van der Waals surface area contributed by atoms with Gasteiger partial charge in [0.15, 0.2) is 5.82 Å². The number of allylic oxidation sites excluding steroid dienone is 2. The first-order valence-electron chi connectivity index (χ1n) is 16.6. The van der Waals surface area contributed by atoms with Crippen LogP contribution in [0.25, 0.3) is 23.4 Å². The highest BCUT2D eigenvalue weighted by Crippen LogP contribution is 2.42. The number of fused-ring (bicyclic) bond motifs is 2. The van der Waals surface area contributed by atoms with E-state index in [0.717, 1.165) is 55.0 Å². The van der Waals surface area contributed by atoms with E-state index in [1.165, 1.54) is 58.0 Å². The molecule has 3 fully saturated rings. The Balaban J connectivity index is 1.39. The summed E-state index contributed by atoms with van der Waals surface area (Å²) in [5.74, 6) is 1.62. The standard InChI is InChI=1S/C37H49FN5/c1-27-16-17-28(2)26-43(4,25-27)36(40-21-9-18-37-19-10-22-42(37)23-11-20-37)32-24-41-35(33(38)34(32)39-3)31-15-8-13-29-12-6-5-7-14-30(29)31/h6-8,12-15,24,27-28H,3,5,9-11,16-23,25-26H2,1-2,4H3/q+1. The Morgan fingerprint density at radius 3 is 2.53 bits per heavy atom. The number of likely N-dealkylation sites (tertiary alicyclic amines) is 1. The minimum atomic E-state index is -0.413. The fourth-order valence-electron chi connectivity index (χ4n) is 8.71. The van der Waals surface area contributed by atoms with Gasteiger partial charge in [-0.15, -0.1) is 0 Å². The fourth-order valence-corrected chi connectivity index (χ4v) is 8.71. The molecule has 6 rings (SSSR count). The zero-order valence-corrected chi connectivity index (χ0v) is 26.5. The molecule has 0 saturated carbocycles. The third kappa shape index (κ3) is 5.93. The number of nitrogens with zero attached hydrogens (tertiary/aromatic N) is 5. The molecule has 3 saturated heterocycles. The number of aliphatic imine (C=N–C) groups is 2. The van der Waals surface area contributed by atoms with Gasteiger partial charge in [-0.1, -0.05) is 56.4 Å². The summed E-state index contributed by atoms with van der Waals surface area (Å²) in [5.41, 5.74) is 4.51. The van der Waals surface area contributed by atoms with Gasteiger partial charge in [0.25, 0.3) is 0 Å². The second-order valence-corrected chi connectivity index (χ2v) is 14.0. The SMILES string of the molecule is C=Nc1c(C(=NCCCC23CCCN2CCC3)[N+]2(C)CC(C)CCC(C)C2)cnc(-c2cccc3c2C=CCC=C3)c1F. The number of halogens is 1. The van der Waals surface area contributed by atoms with Gasteiger partial charge in [0.1, 0.15) is 16.9 Å². The molecule has 6 heteroatoms. The van der Waals surface area contributed by atoms with E-state index in [1.54, 1.807) is 0 Å². The van der Waals surface area contributed by atoms with Crippen molar-refractivity contribution in [1.29, 1.82) is 0 Å². The maximum Gasteiger partial charge on any atom is 0.234 e. The fraction of sp³-hybridized carbons (Fsp3) is 0.541. The zero-order chi connectivity index (χ0) is 30.0. The molecule has 0 radical (unpaired) electrons. The second kappa shape index (κ2) is 12.6. The maximum atomic E-state index is 16.6. The van der Waals surface area contributed by atoms with E-state index in [-0.39, 0.29) is 5.69 Å². The van der Waals surface area contributed by atoms with Gasteiger partial charge in [-0.3, -0.25) is 19.4 Å². The Kier molecular flexibility index (Phi) is 8.79. The van der Waals surface area contributed by atoms with E-state index >= 15 is 4.39 Å². The van der Waals surface area contributed by atoms with Crippen molar-refractivity contribution in [3.05, 3.63) is 59.1 Å². The first-order valence-corrected chi connectivity index (χ1v) is 16.6. The summed E-state index contributed by atoms with van der Waals surface area (Å²) in [6, 6.07) is 6.00. The lowest BCUT2D eigenvalue weighted by Gasteiger charge is -2.37. The maximum absolute atomic E-state index is 16.6. The molecule has 1 aromatic heterocycles. The summed E-state index contributed by atoms with van der Waals surface area (Å²) in [6.07, 6.45) is 21.0. The summed E-state index contributed by atoms with van der Waals surface area (Å²) in [5, 5.41) is 0. The van der Waals surface area contributed by atoms with Crippen LogP contribution in [0.2, 0.25) is 0 Å². The molecule has 4 aliphatic rings.